The van der Waals surface area contributed by atoms with Gasteiger partial charge >= 0.3 is 5.97 Å². The van der Waals surface area contributed by atoms with Gasteiger partial charge in [0.05, 0.1) is 19.8 Å². The molecule has 0 radical (unpaired) electrons. The number of esters is 1. The Bertz CT molecular complexity index is 1340. The van der Waals surface area contributed by atoms with Crippen molar-refractivity contribution in [1.29, 1.82) is 0 Å². The predicted molar refractivity (Wildman–Crippen MR) is 170 cm³/mol. The summed E-state index contributed by atoms with van der Waals surface area (Å²) in [5.41, 5.74) is 0.326. The maximum atomic E-state index is 13.7. The second-order valence-corrected chi connectivity index (χ2v) is 12.7. The van der Waals surface area contributed by atoms with Crippen molar-refractivity contribution in [2.75, 3.05) is 19.8 Å². The molecular formula is C33H48N2O15. The minimum atomic E-state index is -1.66. The summed E-state index contributed by atoms with van der Waals surface area (Å²) in [6, 6.07) is 0.0902. The lowest BCUT2D eigenvalue weighted by molar-refractivity contribution is -0.245. The van der Waals surface area contributed by atoms with Gasteiger partial charge in [-0.25, -0.2) is 4.79 Å². The van der Waals surface area contributed by atoms with Crippen LogP contribution in [0.4, 0.5) is 0 Å². The highest BCUT2D eigenvalue weighted by atomic mass is 16.7. The molecule has 2 saturated heterocycles. The molecule has 50 heavy (non-hydrogen) atoms. The molecule has 0 spiro atoms. The molecule has 3 aliphatic heterocycles. The van der Waals surface area contributed by atoms with Crippen LogP contribution in [-0.2, 0) is 35.0 Å². The van der Waals surface area contributed by atoms with Gasteiger partial charge in [0.1, 0.15) is 71.6 Å². The van der Waals surface area contributed by atoms with Crippen LogP contribution in [0, 0.1) is 0 Å². The number of fused-ring (bicyclic) bond motifs is 1. The molecule has 4 rings (SSSR count). The molecule has 280 valence electrons. The molecule has 1 aromatic carbocycles. The number of benzene rings is 1. The van der Waals surface area contributed by atoms with Gasteiger partial charge in [-0.2, -0.15) is 0 Å². The number of hydrogen-bond acceptors (Lipinski definition) is 15. The number of carbonyl (C=O) groups is 4. The van der Waals surface area contributed by atoms with Crippen molar-refractivity contribution in [3.63, 3.8) is 0 Å². The molecule has 17 heteroatoms. The van der Waals surface area contributed by atoms with E-state index < -0.39 is 92.3 Å². The van der Waals surface area contributed by atoms with Crippen molar-refractivity contribution >= 4 is 23.6 Å². The number of hydrogen-bond donors (Lipinski definition) is 8. The number of rotatable bonds is 8. The molecular weight excluding hydrogens is 664 g/mol. The van der Waals surface area contributed by atoms with Gasteiger partial charge in [-0.05, 0) is 43.7 Å². The fraction of sp³-hybridized carbons (Fsp3) is 0.697. The van der Waals surface area contributed by atoms with Gasteiger partial charge in [0.25, 0.3) is 0 Å². The minimum Gasteiger partial charge on any atom is -0.462 e. The fourth-order valence-corrected chi connectivity index (χ4v) is 6.24. The highest BCUT2D eigenvalue weighted by Gasteiger charge is 2.48. The van der Waals surface area contributed by atoms with Crippen molar-refractivity contribution in [2.45, 2.75) is 127 Å². The molecule has 3 aliphatic rings. The zero-order valence-electron chi connectivity index (χ0n) is 28.1. The third-order valence-electron chi connectivity index (χ3n) is 8.84. The van der Waals surface area contributed by atoms with Gasteiger partial charge in [-0.1, -0.05) is 6.42 Å². The molecule has 17 nitrogen and oxygen atoms in total. The van der Waals surface area contributed by atoms with Gasteiger partial charge in [0, 0.05) is 32.8 Å². The quantitative estimate of drug-likeness (QED) is 0.140. The molecule has 0 saturated carbocycles. The summed E-state index contributed by atoms with van der Waals surface area (Å²) >= 11 is 0. The van der Waals surface area contributed by atoms with Crippen LogP contribution in [0.15, 0.2) is 12.1 Å². The Morgan fingerprint density at radius 3 is 1.80 bits per heavy atom. The third kappa shape index (κ3) is 9.88. The van der Waals surface area contributed by atoms with E-state index in [1.165, 1.54) is 26.0 Å². The molecule has 0 aliphatic carbocycles. The zero-order valence-corrected chi connectivity index (χ0v) is 28.1. The lowest BCUT2D eigenvalue weighted by Gasteiger charge is -2.42. The molecule has 0 aromatic heterocycles. The Balaban J connectivity index is 1.79. The van der Waals surface area contributed by atoms with Crippen LogP contribution >= 0.6 is 0 Å². The molecule has 2 amide bonds. The number of ketones is 1. The summed E-state index contributed by atoms with van der Waals surface area (Å²) in [5.74, 6) is -2.06. The molecule has 10 unspecified atom stereocenters. The number of nitrogens with one attached hydrogen (secondary N) is 2. The predicted octanol–water partition coefficient (Wildman–Crippen LogP) is -1.66. The second kappa shape index (κ2) is 18.2. The first kappa shape index (κ1) is 39.4. The van der Waals surface area contributed by atoms with Crippen LogP contribution < -0.4 is 20.1 Å². The van der Waals surface area contributed by atoms with Gasteiger partial charge < -0.3 is 65.0 Å². The topological polar surface area (TPSA) is 260 Å². The number of aliphatic hydroxyl groups excluding tert-OH is 6. The van der Waals surface area contributed by atoms with Gasteiger partial charge in [-0.3, -0.25) is 14.4 Å². The first-order valence-electron chi connectivity index (χ1n) is 16.8. The highest BCUT2D eigenvalue weighted by molar-refractivity contribution is 5.94. The van der Waals surface area contributed by atoms with Gasteiger partial charge in [0.2, 0.25) is 24.4 Å². The molecule has 10 atom stereocenters. The Labute approximate surface area is 288 Å². The molecule has 2 fully saturated rings. The number of aryl methyl sites for hydroxylation is 1. The largest absolute Gasteiger partial charge is 0.462 e. The van der Waals surface area contributed by atoms with Gasteiger partial charge in [0.15, 0.2) is 0 Å². The maximum Gasteiger partial charge on any atom is 0.342 e. The van der Waals surface area contributed by atoms with Crippen LogP contribution in [0.3, 0.4) is 0 Å². The van der Waals surface area contributed by atoms with Crippen molar-refractivity contribution in [2.24, 2.45) is 0 Å². The number of cyclic esters (lactones) is 1. The van der Waals surface area contributed by atoms with E-state index in [1.54, 1.807) is 0 Å². The first-order chi connectivity index (χ1) is 23.8. The number of amides is 2. The average molecular weight is 713 g/mol. The Morgan fingerprint density at radius 1 is 0.740 bits per heavy atom. The van der Waals surface area contributed by atoms with Crippen LogP contribution in [0.1, 0.15) is 74.7 Å². The SMILES string of the molecule is CC(=O)NC1C(Oc2cc3c(c(OC4OC(CO)C(O)C(O)C4NC(C)=O)c2)C(=O)OCCCCC(=O)CCCCC3)OC(CO)C(O)C1O. The van der Waals surface area contributed by atoms with Crippen LogP contribution in [0.25, 0.3) is 0 Å². The van der Waals surface area contributed by atoms with Gasteiger partial charge in [-0.15, -0.1) is 0 Å². The van der Waals surface area contributed by atoms with Crippen LogP contribution in [0.2, 0.25) is 0 Å². The number of aliphatic hydroxyl groups is 6. The van der Waals surface area contributed by atoms with Crippen molar-refractivity contribution < 1.29 is 73.5 Å². The molecule has 3 heterocycles. The third-order valence-corrected chi connectivity index (χ3v) is 8.84. The standard InChI is InChI=1S/C33H48N2O15/c1-16(38)34-25-29(43)27(41)22(14-36)49-32(25)47-20-12-18-8-4-3-5-9-19(40)10-6-7-11-46-31(45)24(18)21(13-20)48-33-26(35-17(2)39)30(44)28(42)23(15-37)50-33/h12-13,22-23,25-30,32-33,36-37,41-44H,3-11,14-15H2,1-2H3,(H,34,38)(H,35,39). The molecule has 8 N–H and O–H groups in total. The summed E-state index contributed by atoms with van der Waals surface area (Å²) in [6.07, 6.45) is -8.31. The van der Waals surface area contributed by atoms with E-state index in [1.807, 2.05) is 0 Å². The van der Waals surface area contributed by atoms with Crippen LogP contribution in [-0.4, -0.2) is 135 Å². The number of Topliss-reactive ketones (excluding diaryl/α,β-unsaturated/α-hetero) is 1. The lowest BCUT2D eigenvalue weighted by atomic mass is 9.96. The van der Waals surface area contributed by atoms with Crippen molar-refractivity contribution in [3.05, 3.63) is 23.3 Å². The smallest absolute Gasteiger partial charge is 0.342 e. The first-order valence-corrected chi connectivity index (χ1v) is 16.8. The molecule has 1 aromatic rings. The van der Waals surface area contributed by atoms with Crippen molar-refractivity contribution in [3.8, 4) is 11.5 Å². The summed E-state index contributed by atoms with van der Waals surface area (Å²) in [4.78, 5) is 50.1. The second-order valence-electron chi connectivity index (χ2n) is 12.7. The number of ether oxygens (including phenoxy) is 5. The summed E-state index contributed by atoms with van der Waals surface area (Å²) in [6.45, 7) is 0.938. The molecule has 0 bridgehead atoms. The number of carbonyl (C=O) groups excluding carboxylic acids is 4. The lowest BCUT2D eigenvalue weighted by Crippen LogP contribution is -2.65. The summed E-state index contributed by atoms with van der Waals surface area (Å²) < 4.78 is 29.4. The zero-order chi connectivity index (χ0) is 36.5. The Hall–Kier alpha value is -3.42. The highest BCUT2D eigenvalue weighted by Crippen LogP contribution is 2.36. The summed E-state index contributed by atoms with van der Waals surface area (Å²) in [5, 5.41) is 67.2. The monoisotopic (exact) mass is 712 g/mol. The Kier molecular flexibility index (Phi) is 14.3. The maximum absolute atomic E-state index is 13.7. The summed E-state index contributed by atoms with van der Waals surface area (Å²) in [7, 11) is 0. The van der Waals surface area contributed by atoms with Crippen LogP contribution in [0.5, 0.6) is 11.5 Å². The normalized spacial score (nSPS) is 32.9. The van der Waals surface area contributed by atoms with Crippen molar-refractivity contribution in [1.82, 2.24) is 10.6 Å². The van der Waals surface area contributed by atoms with E-state index in [-0.39, 0.29) is 35.9 Å². The minimum absolute atomic E-state index is 0.00768. The van der Waals surface area contributed by atoms with E-state index in [9.17, 15) is 49.8 Å². The average Bonchev–Trinajstić information content (AvgIpc) is 3.06. The van der Waals surface area contributed by atoms with E-state index in [0.29, 0.717) is 50.5 Å². The Morgan fingerprint density at radius 2 is 1.26 bits per heavy atom. The fourth-order valence-electron chi connectivity index (χ4n) is 6.24. The van der Waals surface area contributed by atoms with E-state index in [2.05, 4.69) is 10.6 Å². The van der Waals surface area contributed by atoms with E-state index in [0.717, 1.165) is 0 Å². The van der Waals surface area contributed by atoms with E-state index in [4.69, 9.17) is 23.7 Å². The van der Waals surface area contributed by atoms with E-state index >= 15 is 0 Å².